The number of rotatable bonds is 3. The molecule has 0 radical (unpaired) electrons. The first-order valence-electron chi connectivity index (χ1n) is 4.26. The molecule has 0 N–H and O–H groups in total. The molecule has 0 aliphatic rings. The predicted octanol–water partition coefficient (Wildman–Crippen LogP) is 2.54. The molecule has 1 rings (SSSR count). The Hall–Kier alpha value is -0.670. The van der Waals surface area contributed by atoms with Gasteiger partial charge in [-0.2, -0.15) is 0 Å². The van der Waals surface area contributed by atoms with E-state index in [1.165, 1.54) is 0 Å². The molecule has 1 atom stereocenters. The van der Waals surface area contributed by atoms with E-state index < -0.39 is 0 Å². The Morgan fingerprint density at radius 1 is 1.54 bits per heavy atom. The van der Waals surface area contributed by atoms with Crippen LogP contribution in [-0.2, 0) is 4.74 Å². The molecule has 72 valence electrons. The van der Waals surface area contributed by atoms with Gasteiger partial charge in [0, 0.05) is 12.3 Å². The second-order valence-corrected chi connectivity index (χ2v) is 3.18. The maximum absolute atomic E-state index is 5.79. The van der Waals surface area contributed by atoms with E-state index in [2.05, 4.69) is 9.97 Å². The highest BCUT2D eigenvalue weighted by Crippen LogP contribution is 2.15. The van der Waals surface area contributed by atoms with Gasteiger partial charge in [-0.3, -0.25) is 0 Å². The fourth-order valence-electron chi connectivity index (χ4n) is 1.06. The van der Waals surface area contributed by atoms with Gasteiger partial charge >= 0.3 is 0 Å². The van der Waals surface area contributed by atoms with Gasteiger partial charge in [-0.05, 0) is 26.8 Å². The standard InChI is InChI=1S/C9H13ClN2O/c1-4-13-7(3)9-11-6(2)5-8(10)12-9/h5,7H,4H2,1-3H3. The summed E-state index contributed by atoms with van der Waals surface area (Å²) in [5, 5.41) is 0.467. The third kappa shape index (κ3) is 2.94. The summed E-state index contributed by atoms with van der Waals surface area (Å²) < 4.78 is 5.35. The van der Waals surface area contributed by atoms with Gasteiger partial charge in [0.2, 0.25) is 0 Å². The highest BCUT2D eigenvalue weighted by Gasteiger charge is 2.09. The highest BCUT2D eigenvalue weighted by atomic mass is 35.5. The number of aryl methyl sites for hydroxylation is 1. The predicted molar refractivity (Wildman–Crippen MR) is 51.8 cm³/mol. The molecule has 1 aromatic rings. The zero-order valence-corrected chi connectivity index (χ0v) is 8.80. The minimum atomic E-state index is -0.0950. The first kappa shape index (κ1) is 10.4. The normalized spacial score (nSPS) is 12.9. The second-order valence-electron chi connectivity index (χ2n) is 2.79. The topological polar surface area (TPSA) is 35.0 Å². The Bertz CT molecular complexity index is 271. The van der Waals surface area contributed by atoms with Gasteiger partial charge in [-0.15, -0.1) is 0 Å². The van der Waals surface area contributed by atoms with Crippen LogP contribution in [-0.4, -0.2) is 16.6 Å². The van der Waals surface area contributed by atoms with Crippen molar-refractivity contribution in [2.45, 2.75) is 26.9 Å². The zero-order valence-electron chi connectivity index (χ0n) is 8.04. The molecule has 1 aromatic heterocycles. The van der Waals surface area contributed by atoms with E-state index in [-0.39, 0.29) is 6.10 Å². The van der Waals surface area contributed by atoms with Crippen molar-refractivity contribution in [3.05, 3.63) is 22.7 Å². The number of nitrogens with zero attached hydrogens (tertiary/aromatic N) is 2. The van der Waals surface area contributed by atoms with Gasteiger partial charge in [0.25, 0.3) is 0 Å². The van der Waals surface area contributed by atoms with Crippen molar-refractivity contribution in [2.75, 3.05) is 6.61 Å². The van der Waals surface area contributed by atoms with Crippen LogP contribution in [0.4, 0.5) is 0 Å². The first-order chi connectivity index (χ1) is 6.13. The van der Waals surface area contributed by atoms with Crippen LogP contribution in [0.15, 0.2) is 6.07 Å². The van der Waals surface area contributed by atoms with Crippen LogP contribution in [0.25, 0.3) is 0 Å². The molecule has 1 unspecified atom stereocenters. The third-order valence-electron chi connectivity index (χ3n) is 1.62. The van der Waals surface area contributed by atoms with Crippen LogP contribution >= 0.6 is 11.6 Å². The molecular weight excluding hydrogens is 188 g/mol. The summed E-state index contributed by atoms with van der Waals surface area (Å²) in [5.74, 6) is 0.645. The van der Waals surface area contributed by atoms with E-state index in [1.807, 2.05) is 20.8 Å². The molecule has 4 heteroatoms. The van der Waals surface area contributed by atoms with Crippen LogP contribution in [0.1, 0.15) is 31.5 Å². The molecule has 0 bridgehead atoms. The molecule has 1 heterocycles. The van der Waals surface area contributed by atoms with E-state index in [0.29, 0.717) is 17.6 Å². The SMILES string of the molecule is CCOC(C)c1nc(C)cc(Cl)n1. The van der Waals surface area contributed by atoms with Gasteiger partial charge in [0.1, 0.15) is 11.3 Å². The van der Waals surface area contributed by atoms with Crippen molar-refractivity contribution in [3.8, 4) is 0 Å². The molecular formula is C9H13ClN2O. The van der Waals surface area contributed by atoms with Gasteiger partial charge in [-0.1, -0.05) is 11.6 Å². The van der Waals surface area contributed by atoms with Gasteiger partial charge in [-0.25, -0.2) is 9.97 Å². The second kappa shape index (κ2) is 4.53. The lowest BCUT2D eigenvalue weighted by atomic mass is 10.3. The molecule has 0 saturated carbocycles. The van der Waals surface area contributed by atoms with Crippen molar-refractivity contribution < 1.29 is 4.74 Å². The zero-order chi connectivity index (χ0) is 9.84. The lowest BCUT2D eigenvalue weighted by Crippen LogP contribution is -2.06. The molecule has 3 nitrogen and oxygen atoms in total. The lowest BCUT2D eigenvalue weighted by molar-refractivity contribution is 0.0699. The molecule has 0 amide bonds. The van der Waals surface area contributed by atoms with Crippen LogP contribution in [0.2, 0.25) is 5.15 Å². The summed E-state index contributed by atoms with van der Waals surface area (Å²) in [6.07, 6.45) is -0.0950. The summed E-state index contributed by atoms with van der Waals surface area (Å²) in [5.41, 5.74) is 0.863. The Balaban J connectivity index is 2.87. The number of hydrogen-bond acceptors (Lipinski definition) is 3. The van der Waals surface area contributed by atoms with E-state index in [1.54, 1.807) is 6.07 Å². The number of halogens is 1. The number of aromatic nitrogens is 2. The summed E-state index contributed by atoms with van der Waals surface area (Å²) >= 11 is 5.79. The van der Waals surface area contributed by atoms with Gasteiger partial charge in [0.05, 0.1) is 0 Å². The average molecular weight is 201 g/mol. The fraction of sp³-hybridized carbons (Fsp3) is 0.556. The van der Waals surface area contributed by atoms with Gasteiger partial charge < -0.3 is 4.74 Å². The van der Waals surface area contributed by atoms with Crippen LogP contribution in [0.5, 0.6) is 0 Å². The molecule has 0 aliphatic carbocycles. The monoisotopic (exact) mass is 200 g/mol. The summed E-state index contributed by atoms with van der Waals surface area (Å²) in [6, 6.07) is 1.73. The Morgan fingerprint density at radius 2 is 2.23 bits per heavy atom. The largest absolute Gasteiger partial charge is 0.371 e. The van der Waals surface area contributed by atoms with E-state index >= 15 is 0 Å². The van der Waals surface area contributed by atoms with Crippen molar-refractivity contribution in [2.24, 2.45) is 0 Å². The molecule has 0 saturated heterocycles. The van der Waals surface area contributed by atoms with Gasteiger partial charge in [0.15, 0.2) is 5.82 Å². The molecule has 0 aliphatic heterocycles. The molecule has 13 heavy (non-hydrogen) atoms. The minimum Gasteiger partial charge on any atom is -0.371 e. The van der Waals surface area contributed by atoms with E-state index in [0.717, 1.165) is 5.69 Å². The van der Waals surface area contributed by atoms with Crippen molar-refractivity contribution in [1.29, 1.82) is 0 Å². The molecule has 0 aromatic carbocycles. The summed E-state index contributed by atoms with van der Waals surface area (Å²) in [7, 11) is 0. The quantitative estimate of drug-likeness (QED) is 0.704. The number of ether oxygens (including phenoxy) is 1. The first-order valence-corrected chi connectivity index (χ1v) is 4.64. The summed E-state index contributed by atoms with van der Waals surface area (Å²) in [6.45, 7) is 6.38. The van der Waals surface area contributed by atoms with Crippen LogP contribution in [0, 0.1) is 6.92 Å². The highest BCUT2D eigenvalue weighted by molar-refractivity contribution is 6.29. The molecule has 0 fully saturated rings. The molecule has 0 spiro atoms. The van der Waals surface area contributed by atoms with Crippen LogP contribution in [0.3, 0.4) is 0 Å². The third-order valence-corrected chi connectivity index (χ3v) is 1.81. The maximum Gasteiger partial charge on any atom is 0.158 e. The van der Waals surface area contributed by atoms with Crippen molar-refractivity contribution in [1.82, 2.24) is 9.97 Å². The minimum absolute atomic E-state index is 0.0950. The Kier molecular flexibility index (Phi) is 3.63. The van der Waals surface area contributed by atoms with E-state index in [9.17, 15) is 0 Å². The van der Waals surface area contributed by atoms with Crippen molar-refractivity contribution in [3.63, 3.8) is 0 Å². The van der Waals surface area contributed by atoms with E-state index in [4.69, 9.17) is 16.3 Å². The maximum atomic E-state index is 5.79. The fourth-order valence-corrected chi connectivity index (χ4v) is 1.30. The number of hydrogen-bond donors (Lipinski definition) is 0. The van der Waals surface area contributed by atoms with Crippen molar-refractivity contribution >= 4 is 11.6 Å². The summed E-state index contributed by atoms with van der Waals surface area (Å²) in [4.78, 5) is 8.31. The Morgan fingerprint density at radius 3 is 2.77 bits per heavy atom. The average Bonchev–Trinajstić information content (AvgIpc) is 2.03. The van der Waals surface area contributed by atoms with Crippen LogP contribution < -0.4 is 0 Å². The lowest BCUT2D eigenvalue weighted by Gasteiger charge is -2.10. The smallest absolute Gasteiger partial charge is 0.158 e. The Labute approximate surface area is 83.1 Å².